The SMILES string of the molecule is Cc1nn(C)cc1S(=O)(=O)N1CCOC(CCc2ccncn2)C1. The van der Waals surface area contributed by atoms with E-state index in [2.05, 4.69) is 15.1 Å². The summed E-state index contributed by atoms with van der Waals surface area (Å²) in [4.78, 5) is 8.34. The summed E-state index contributed by atoms with van der Waals surface area (Å²) in [6.45, 7) is 2.81. The van der Waals surface area contributed by atoms with E-state index in [9.17, 15) is 8.42 Å². The summed E-state index contributed by atoms with van der Waals surface area (Å²) >= 11 is 0. The summed E-state index contributed by atoms with van der Waals surface area (Å²) in [5.74, 6) is 0. The summed E-state index contributed by atoms with van der Waals surface area (Å²) in [5.41, 5.74) is 1.44. The molecule has 1 aliphatic rings. The minimum Gasteiger partial charge on any atom is -0.375 e. The Morgan fingerprint density at radius 2 is 2.25 bits per heavy atom. The van der Waals surface area contributed by atoms with Gasteiger partial charge in [-0.25, -0.2) is 18.4 Å². The molecule has 0 aliphatic carbocycles. The number of aromatic nitrogens is 4. The highest BCUT2D eigenvalue weighted by atomic mass is 32.2. The van der Waals surface area contributed by atoms with Crippen LogP contribution in [0.2, 0.25) is 0 Å². The van der Waals surface area contributed by atoms with Crippen molar-refractivity contribution < 1.29 is 13.2 Å². The Hall–Kier alpha value is -1.84. The summed E-state index contributed by atoms with van der Waals surface area (Å²) in [7, 11) is -1.83. The van der Waals surface area contributed by atoms with E-state index in [4.69, 9.17) is 4.74 Å². The van der Waals surface area contributed by atoms with Gasteiger partial charge in [0.05, 0.1) is 18.4 Å². The number of rotatable bonds is 5. The van der Waals surface area contributed by atoms with Crippen LogP contribution in [-0.4, -0.2) is 58.3 Å². The number of hydrogen-bond donors (Lipinski definition) is 0. The summed E-state index contributed by atoms with van der Waals surface area (Å²) in [5, 5.41) is 4.13. The molecule has 1 atom stereocenters. The second kappa shape index (κ2) is 6.96. The Morgan fingerprint density at radius 1 is 1.42 bits per heavy atom. The molecule has 24 heavy (non-hydrogen) atoms. The van der Waals surface area contributed by atoms with Gasteiger partial charge in [0.25, 0.3) is 0 Å². The highest BCUT2D eigenvalue weighted by Gasteiger charge is 2.32. The number of hydrogen-bond acceptors (Lipinski definition) is 6. The van der Waals surface area contributed by atoms with Crippen LogP contribution in [0.1, 0.15) is 17.8 Å². The lowest BCUT2D eigenvalue weighted by Crippen LogP contribution is -2.45. The molecule has 3 heterocycles. The van der Waals surface area contributed by atoms with Crippen LogP contribution in [0.3, 0.4) is 0 Å². The minimum atomic E-state index is -3.54. The van der Waals surface area contributed by atoms with Gasteiger partial charge >= 0.3 is 0 Å². The standard InChI is InChI=1S/C15H21N5O3S/c1-12-15(10-19(2)18-12)24(21,22)20-7-8-23-14(9-20)4-3-13-5-6-16-11-17-13/h5-6,10-11,14H,3-4,7-9H2,1-2H3. The number of aryl methyl sites for hydroxylation is 3. The molecular formula is C15H21N5O3S. The van der Waals surface area contributed by atoms with E-state index in [1.165, 1.54) is 15.3 Å². The quantitative estimate of drug-likeness (QED) is 0.781. The fraction of sp³-hybridized carbons (Fsp3) is 0.533. The first-order chi connectivity index (χ1) is 11.5. The molecule has 1 aliphatic heterocycles. The number of sulfonamides is 1. The molecule has 0 N–H and O–H groups in total. The average molecular weight is 351 g/mol. The molecule has 8 nitrogen and oxygen atoms in total. The van der Waals surface area contributed by atoms with Crippen molar-refractivity contribution in [1.29, 1.82) is 0 Å². The van der Waals surface area contributed by atoms with Crippen LogP contribution in [0.15, 0.2) is 29.7 Å². The van der Waals surface area contributed by atoms with E-state index < -0.39 is 10.0 Å². The predicted molar refractivity (Wildman–Crippen MR) is 86.8 cm³/mol. The van der Waals surface area contributed by atoms with Crippen molar-refractivity contribution in [2.24, 2.45) is 7.05 Å². The first-order valence-electron chi connectivity index (χ1n) is 7.83. The van der Waals surface area contributed by atoms with Crippen LogP contribution in [0, 0.1) is 6.92 Å². The maximum Gasteiger partial charge on any atom is 0.246 e. The Labute approximate surface area is 141 Å². The number of morpholine rings is 1. The molecular weight excluding hydrogens is 330 g/mol. The van der Waals surface area contributed by atoms with Crippen LogP contribution in [0.5, 0.6) is 0 Å². The van der Waals surface area contributed by atoms with Gasteiger partial charge in [-0.15, -0.1) is 0 Å². The fourth-order valence-electron chi connectivity index (χ4n) is 2.83. The van der Waals surface area contributed by atoms with E-state index in [1.807, 2.05) is 6.07 Å². The van der Waals surface area contributed by atoms with Crippen LogP contribution < -0.4 is 0 Å². The van der Waals surface area contributed by atoms with Gasteiger partial charge in [-0.1, -0.05) is 0 Å². The highest BCUT2D eigenvalue weighted by molar-refractivity contribution is 7.89. The molecule has 0 bridgehead atoms. The van der Waals surface area contributed by atoms with Crippen molar-refractivity contribution in [2.75, 3.05) is 19.7 Å². The molecule has 130 valence electrons. The molecule has 2 aromatic heterocycles. The third-order valence-corrected chi connectivity index (χ3v) is 6.02. The van der Waals surface area contributed by atoms with Crippen molar-refractivity contribution in [3.05, 3.63) is 36.2 Å². The molecule has 0 radical (unpaired) electrons. The highest BCUT2D eigenvalue weighted by Crippen LogP contribution is 2.22. The Kier molecular flexibility index (Phi) is 4.93. The summed E-state index contributed by atoms with van der Waals surface area (Å²) in [6.07, 6.45) is 6.07. The smallest absolute Gasteiger partial charge is 0.246 e. The summed E-state index contributed by atoms with van der Waals surface area (Å²) in [6, 6.07) is 1.86. The molecule has 1 unspecified atom stereocenters. The molecule has 2 aromatic rings. The van der Waals surface area contributed by atoms with Gasteiger partial charge in [0.1, 0.15) is 11.2 Å². The van der Waals surface area contributed by atoms with E-state index in [-0.39, 0.29) is 11.0 Å². The third kappa shape index (κ3) is 3.63. The van der Waals surface area contributed by atoms with Crippen LogP contribution in [0.4, 0.5) is 0 Å². The largest absolute Gasteiger partial charge is 0.375 e. The van der Waals surface area contributed by atoms with Crippen molar-refractivity contribution in [1.82, 2.24) is 24.1 Å². The van der Waals surface area contributed by atoms with Crippen LogP contribution in [0.25, 0.3) is 0 Å². The molecule has 0 spiro atoms. The molecule has 9 heteroatoms. The van der Waals surface area contributed by atoms with Crippen molar-refractivity contribution in [3.63, 3.8) is 0 Å². The van der Waals surface area contributed by atoms with Gasteiger partial charge in [-0.05, 0) is 25.8 Å². The van der Waals surface area contributed by atoms with Gasteiger partial charge in [-0.3, -0.25) is 4.68 Å². The lowest BCUT2D eigenvalue weighted by Gasteiger charge is -2.32. The number of ether oxygens (including phenoxy) is 1. The van der Waals surface area contributed by atoms with Crippen molar-refractivity contribution in [3.8, 4) is 0 Å². The number of nitrogens with zero attached hydrogens (tertiary/aromatic N) is 5. The second-order valence-electron chi connectivity index (χ2n) is 5.85. The second-order valence-corrected chi connectivity index (χ2v) is 7.75. The zero-order valence-electron chi connectivity index (χ0n) is 13.8. The van der Waals surface area contributed by atoms with Gasteiger partial charge in [-0.2, -0.15) is 9.40 Å². The monoisotopic (exact) mass is 351 g/mol. The normalized spacial score (nSPS) is 19.5. The van der Waals surface area contributed by atoms with Gasteiger partial charge in [0.15, 0.2) is 0 Å². The van der Waals surface area contributed by atoms with Crippen LogP contribution in [-0.2, 0) is 28.2 Å². The first-order valence-corrected chi connectivity index (χ1v) is 9.27. The van der Waals surface area contributed by atoms with Crippen LogP contribution >= 0.6 is 0 Å². The van der Waals surface area contributed by atoms with Gasteiger partial charge in [0.2, 0.25) is 10.0 Å². The summed E-state index contributed by atoms with van der Waals surface area (Å²) < 4.78 is 34.4. The third-order valence-electron chi connectivity index (χ3n) is 4.05. The maximum atomic E-state index is 12.8. The topological polar surface area (TPSA) is 90.2 Å². The van der Waals surface area contributed by atoms with E-state index >= 15 is 0 Å². The molecule has 0 aromatic carbocycles. The fourth-order valence-corrected chi connectivity index (χ4v) is 4.49. The first kappa shape index (κ1) is 17.0. The zero-order chi connectivity index (χ0) is 17.2. The lowest BCUT2D eigenvalue weighted by molar-refractivity contribution is -0.00539. The zero-order valence-corrected chi connectivity index (χ0v) is 14.6. The average Bonchev–Trinajstić information content (AvgIpc) is 2.93. The molecule has 3 rings (SSSR count). The lowest BCUT2D eigenvalue weighted by atomic mass is 10.1. The van der Waals surface area contributed by atoms with E-state index in [1.54, 1.807) is 26.4 Å². The van der Waals surface area contributed by atoms with Crippen molar-refractivity contribution in [2.45, 2.75) is 30.8 Å². The Balaban J connectivity index is 1.67. The van der Waals surface area contributed by atoms with E-state index in [0.717, 1.165) is 18.5 Å². The molecule has 0 amide bonds. The Morgan fingerprint density at radius 3 is 2.92 bits per heavy atom. The van der Waals surface area contributed by atoms with Crippen molar-refractivity contribution >= 4 is 10.0 Å². The molecule has 0 saturated carbocycles. The van der Waals surface area contributed by atoms with Gasteiger partial charge in [0, 0.05) is 38.2 Å². The Bertz CT molecular complexity index is 791. The van der Waals surface area contributed by atoms with E-state index in [0.29, 0.717) is 25.4 Å². The molecule has 1 fully saturated rings. The molecule has 1 saturated heterocycles. The minimum absolute atomic E-state index is 0.138. The maximum absolute atomic E-state index is 12.8. The van der Waals surface area contributed by atoms with Gasteiger partial charge < -0.3 is 4.74 Å². The predicted octanol–water partition coefficient (Wildman–Crippen LogP) is 0.541.